The highest BCUT2D eigenvalue weighted by atomic mass is 32.2. The summed E-state index contributed by atoms with van der Waals surface area (Å²) in [7, 11) is 0.798. The summed E-state index contributed by atoms with van der Waals surface area (Å²) in [4.78, 5) is 7.07. The summed E-state index contributed by atoms with van der Waals surface area (Å²) >= 11 is 0. The predicted molar refractivity (Wildman–Crippen MR) is 112 cm³/mol. The van der Waals surface area contributed by atoms with Gasteiger partial charge in [0.15, 0.2) is 15.8 Å². The van der Waals surface area contributed by atoms with Crippen molar-refractivity contribution in [3.05, 3.63) is 53.5 Å². The molecular weight excluding hydrogens is 376 g/mol. The maximum atomic E-state index is 11.8. The number of rotatable bonds is 8. The molecule has 0 bridgehead atoms. The molecule has 28 heavy (non-hydrogen) atoms. The van der Waals surface area contributed by atoms with E-state index < -0.39 is 9.84 Å². The molecule has 7 nitrogen and oxygen atoms in total. The molecule has 1 aromatic heterocycles. The molecule has 0 saturated heterocycles. The van der Waals surface area contributed by atoms with Gasteiger partial charge in [0.25, 0.3) is 0 Å². The fraction of sp³-hybridized carbons (Fsp3) is 0.450. The molecule has 154 valence electrons. The Morgan fingerprint density at radius 3 is 2.54 bits per heavy atom. The van der Waals surface area contributed by atoms with Crippen molar-refractivity contribution in [1.82, 2.24) is 15.5 Å². The van der Waals surface area contributed by atoms with E-state index in [1.807, 2.05) is 45.3 Å². The molecule has 1 aromatic carbocycles. The summed E-state index contributed by atoms with van der Waals surface area (Å²) in [5.41, 5.74) is 1.69. The summed E-state index contributed by atoms with van der Waals surface area (Å²) < 4.78 is 29.1. The van der Waals surface area contributed by atoms with Gasteiger partial charge in [-0.3, -0.25) is 4.90 Å². The number of nitrogens with one attached hydrogen (secondary N) is 2. The zero-order valence-corrected chi connectivity index (χ0v) is 18.0. The van der Waals surface area contributed by atoms with Crippen LogP contribution in [-0.2, 0) is 16.4 Å². The van der Waals surface area contributed by atoms with Gasteiger partial charge in [0.1, 0.15) is 5.76 Å². The van der Waals surface area contributed by atoms with Gasteiger partial charge < -0.3 is 15.1 Å². The Kier molecular flexibility index (Phi) is 7.65. The van der Waals surface area contributed by atoms with Crippen molar-refractivity contribution < 1.29 is 12.8 Å². The van der Waals surface area contributed by atoms with Crippen molar-refractivity contribution in [2.45, 2.75) is 31.3 Å². The van der Waals surface area contributed by atoms with Crippen LogP contribution in [0.5, 0.6) is 0 Å². The second-order valence-electron chi connectivity index (χ2n) is 6.94. The van der Waals surface area contributed by atoms with E-state index in [1.54, 1.807) is 19.3 Å². The average molecular weight is 407 g/mol. The first-order chi connectivity index (χ1) is 13.2. The summed E-state index contributed by atoms with van der Waals surface area (Å²) in [6.07, 6.45) is 2.90. The molecule has 0 amide bonds. The average Bonchev–Trinajstić information content (AvgIpc) is 3.12. The first-order valence-electron chi connectivity index (χ1n) is 9.24. The number of aryl methyl sites for hydroxylation is 1. The minimum Gasteiger partial charge on any atom is -0.468 e. The summed E-state index contributed by atoms with van der Waals surface area (Å²) in [6, 6.07) is 9.25. The van der Waals surface area contributed by atoms with E-state index in [-0.39, 0.29) is 6.04 Å². The minimum absolute atomic E-state index is 0.0788. The summed E-state index contributed by atoms with van der Waals surface area (Å²) in [6.45, 7) is 5.65. The summed E-state index contributed by atoms with van der Waals surface area (Å²) in [5.74, 6) is 1.59. The number of hydrogen-bond acceptors (Lipinski definition) is 5. The van der Waals surface area contributed by atoms with Crippen LogP contribution in [0.4, 0.5) is 0 Å². The number of hydrogen-bond donors (Lipinski definition) is 2. The molecule has 8 heteroatoms. The Hall–Kier alpha value is -2.32. The lowest BCUT2D eigenvalue weighted by Gasteiger charge is -2.23. The van der Waals surface area contributed by atoms with Gasteiger partial charge in [0.2, 0.25) is 0 Å². The van der Waals surface area contributed by atoms with Crippen molar-refractivity contribution in [2.75, 3.05) is 33.4 Å². The first kappa shape index (κ1) is 22.0. The van der Waals surface area contributed by atoms with Gasteiger partial charge in [-0.05, 0) is 57.3 Å². The third-order valence-electron chi connectivity index (χ3n) is 4.36. The second-order valence-corrected chi connectivity index (χ2v) is 8.93. The maximum Gasteiger partial charge on any atom is 0.191 e. The highest BCUT2D eigenvalue weighted by Gasteiger charge is 2.17. The molecule has 1 heterocycles. The van der Waals surface area contributed by atoms with Gasteiger partial charge in [-0.1, -0.05) is 12.1 Å². The van der Waals surface area contributed by atoms with Gasteiger partial charge in [-0.25, -0.2) is 13.4 Å². The van der Waals surface area contributed by atoms with Crippen molar-refractivity contribution in [1.29, 1.82) is 0 Å². The largest absolute Gasteiger partial charge is 0.468 e. The zero-order chi connectivity index (χ0) is 20.7. The van der Waals surface area contributed by atoms with Gasteiger partial charge in [0, 0.05) is 19.3 Å². The van der Waals surface area contributed by atoms with Crippen LogP contribution >= 0.6 is 0 Å². The summed E-state index contributed by atoms with van der Waals surface area (Å²) in [5, 5.41) is 6.59. The first-order valence-corrected chi connectivity index (χ1v) is 11.1. The molecule has 0 saturated carbocycles. The number of sulfone groups is 1. The third-order valence-corrected chi connectivity index (χ3v) is 5.62. The molecule has 0 aliphatic carbocycles. The highest BCUT2D eigenvalue weighted by molar-refractivity contribution is 7.90. The number of nitrogens with zero attached hydrogens (tertiary/aromatic N) is 2. The number of aliphatic imine (C=N–C) groups is 1. The van der Waals surface area contributed by atoms with Crippen LogP contribution in [0.1, 0.15) is 29.9 Å². The van der Waals surface area contributed by atoms with Crippen molar-refractivity contribution in [3.63, 3.8) is 0 Å². The molecule has 2 N–H and O–H groups in total. The van der Waals surface area contributed by atoms with E-state index in [1.165, 1.54) is 6.26 Å². The molecule has 0 fully saturated rings. The lowest BCUT2D eigenvalue weighted by Crippen LogP contribution is -2.41. The van der Waals surface area contributed by atoms with E-state index >= 15 is 0 Å². The quantitative estimate of drug-likeness (QED) is 0.517. The third kappa shape index (κ3) is 6.10. The molecule has 0 radical (unpaired) electrons. The van der Waals surface area contributed by atoms with E-state index in [0.29, 0.717) is 23.9 Å². The monoisotopic (exact) mass is 406 g/mol. The molecule has 0 aliphatic heterocycles. The van der Waals surface area contributed by atoms with E-state index in [4.69, 9.17) is 4.42 Å². The lowest BCUT2D eigenvalue weighted by molar-refractivity contribution is 0.258. The van der Waals surface area contributed by atoms with Crippen molar-refractivity contribution >= 4 is 15.8 Å². The van der Waals surface area contributed by atoms with Gasteiger partial charge >= 0.3 is 0 Å². The normalized spacial score (nSPS) is 13.6. The topological polar surface area (TPSA) is 86.9 Å². The Morgan fingerprint density at radius 1 is 1.25 bits per heavy atom. The molecule has 1 atom stereocenters. The Bertz CT molecular complexity index is 890. The SMILES string of the molecule is CCNC(=NCc1ccc(S(C)(=O)=O)c(C)c1)NCC(c1ccco1)N(C)C. The Balaban J connectivity index is 2.09. The number of benzene rings is 1. The fourth-order valence-electron chi connectivity index (χ4n) is 2.95. The molecule has 1 unspecified atom stereocenters. The van der Waals surface area contributed by atoms with Crippen LogP contribution in [-0.4, -0.2) is 52.7 Å². The van der Waals surface area contributed by atoms with Crippen molar-refractivity contribution in [3.8, 4) is 0 Å². The maximum absolute atomic E-state index is 11.8. The van der Waals surface area contributed by atoms with Crippen LogP contribution in [0, 0.1) is 6.92 Å². The Labute approximate surface area is 167 Å². The van der Waals surface area contributed by atoms with Crippen LogP contribution in [0.15, 0.2) is 50.9 Å². The second kappa shape index (κ2) is 9.75. The van der Waals surface area contributed by atoms with Crippen LogP contribution in [0.2, 0.25) is 0 Å². The van der Waals surface area contributed by atoms with Gasteiger partial charge in [-0.15, -0.1) is 0 Å². The lowest BCUT2D eigenvalue weighted by atomic mass is 10.1. The standard InChI is InChI=1S/C20H30N4O3S/c1-6-21-20(23-14-17(24(3)4)18-8-7-11-27-18)22-13-16-9-10-19(15(2)12-16)28(5,25)26/h7-12,17H,6,13-14H2,1-5H3,(H2,21,22,23). The smallest absolute Gasteiger partial charge is 0.191 e. The zero-order valence-electron chi connectivity index (χ0n) is 17.2. The van der Waals surface area contributed by atoms with Gasteiger partial charge in [0.05, 0.1) is 23.7 Å². The molecule has 0 spiro atoms. The van der Waals surface area contributed by atoms with Crippen LogP contribution in [0.3, 0.4) is 0 Å². The fourth-order valence-corrected chi connectivity index (χ4v) is 3.91. The highest BCUT2D eigenvalue weighted by Crippen LogP contribution is 2.18. The van der Waals surface area contributed by atoms with Crippen LogP contribution in [0.25, 0.3) is 0 Å². The number of guanidine groups is 1. The van der Waals surface area contributed by atoms with Gasteiger partial charge in [-0.2, -0.15) is 0 Å². The predicted octanol–water partition coefficient (Wildman–Crippen LogP) is 2.35. The van der Waals surface area contributed by atoms with E-state index in [0.717, 1.165) is 23.4 Å². The number of furan rings is 1. The number of likely N-dealkylation sites (N-methyl/N-ethyl adjacent to an activating group) is 1. The molecule has 2 rings (SSSR count). The molecule has 2 aromatic rings. The van der Waals surface area contributed by atoms with Crippen LogP contribution < -0.4 is 10.6 Å². The van der Waals surface area contributed by atoms with E-state index in [2.05, 4.69) is 20.5 Å². The molecular formula is C20H30N4O3S. The minimum atomic E-state index is -3.21. The van der Waals surface area contributed by atoms with Crippen molar-refractivity contribution in [2.24, 2.45) is 4.99 Å². The van der Waals surface area contributed by atoms with E-state index in [9.17, 15) is 8.42 Å². The Morgan fingerprint density at radius 2 is 2.00 bits per heavy atom. The molecule has 0 aliphatic rings.